The van der Waals surface area contributed by atoms with E-state index >= 15 is 0 Å². The van der Waals surface area contributed by atoms with E-state index in [0.29, 0.717) is 88.9 Å². The number of methoxy groups -OCH3 is 1. The van der Waals surface area contributed by atoms with Gasteiger partial charge in [-0.3, -0.25) is 43.7 Å². The number of nitrogens with one attached hydrogen (secondary N) is 9. The minimum atomic E-state index is -4.77. The molecule has 4 heterocycles. The second-order valence-corrected chi connectivity index (χ2v) is 23.9. The summed E-state index contributed by atoms with van der Waals surface area (Å²) >= 11 is 1.87. The summed E-state index contributed by atoms with van der Waals surface area (Å²) in [4.78, 5) is 117. The normalized spacial score (nSPS) is 19.7. The molecular weight excluding hydrogens is 1190 g/mol. The van der Waals surface area contributed by atoms with Crippen LogP contribution in [0.2, 0.25) is 0 Å². The Kier molecular flexibility index (Phi) is 27.7. The largest absolute Gasteiger partial charge is 0.468 e. The highest BCUT2D eigenvalue weighted by Gasteiger charge is 2.65. The van der Waals surface area contributed by atoms with Crippen LogP contribution in [0.5, 0.6) is 0 Å². The number of alkyl halides is 3. The van der Waals surface area contributed by atoms with Gasteiger partial charge in [0.05, 0.1) is 64.6 Å². The number of esters is 1. The molecule has 9 N–H and O–H groups in total. The number of nitrogens with zero attached hydrogens (tertiary/aromatic N) is 3. The van der Waals surface area contributed by atoms with E-state index in [1.807, 2.05) is 11.8 Å². The third-order valence-electron chi connectivity index (χ3n) is 16.2. The number of hydrogen-bond acceptors (Lipinski definition) is 17. The van der Waals surface area contributed by atoms with Gasteiger partial charge in [0, 0.05) is 86.6 Å². The first-order valence-electron chi connectivity index (χ1n) is 30.9. The number of unbranched alkanes of at least 4 members (excludes halogenated alkanes) is 2. The zero-order valence-electron chi connectivity index (χ0n) is 50.4. The van der Waals surface area contributed by atoms with Crippen molar-refractivity contribution in [1.29, 1.82) is 0 Å². The summed E-state index contributed by atoms with van der Waals surface area (Å²) in [6.45, 7) is 3.62. The second kappa shape index (κ2) is 35.4. The van der Waals surface area contributed by atoms with Crippen molar-refractivity contribution in [3.8, 4) is 0 Å². The predicted octanol–water partition coefficient (Wildman–Crippen LogP) is 3.40. The van der Waals surface area contributed by atoms with Crippen LogP contribution in [-0.4, -0.2) is 192 Å². The third-order valence-corrected chi connectivity index (χ3v) is 17.7. The molecule has 89 heavy (non-hydrogen) atoms. The molecule has 1 aliphatic carbocycles. The Hall–Kier alpha value is -6.95. The summed E-state index contributed by atoms with van der Waals surface area (Å²) in [5.41, 5.74) is -1.90. The lowest BCUT2D eigenvalue weighted by atomic mass is 9.82. The first kappa shape index (κ1) is 69.5. The van der Waals surface area contributed by atoms with Crippen molar-refractivity contribution < 1.29 is 75.3 Å². The highest BCUT2D eigenvalue weighted by atomic mass is 32.2. The molecule has 4 fully saturated rings. The molecule has 0 radical (unpaired) electrons. The van der Waals surface area contributed by atoms with Gasteiger partial charge in [-0.15, -0.1) is 10.2 Å². The number of thioether (sulfide) groups is 1. The number of hydrogen-bond donors (Lipinski definition) is 9. The minimum absolute atomic E-state index is 0.00859. The molecule has 9 amide bonds. The summed E-state index contributed by atoms with van der Waals surface area (Å²) < 4.78 is 62.3. The number of urea groups is 1. The molecule has 29 heteroatoms. The third kappa shape index (κ3) is 21.6. The zero-order valence-corrected chi connectivity index (χ0v) is 51.2. The maximum atomic E-state index is 13.7. The smallest absolute Gasteiger partial charge is 0.442 e. The van der Waals surface area contributed by atoms with Crippen molar-refractivity contribution in [3.63, 3.8) is 0 Å². The standard InChI is InChI=1S/C60H85F3N12O13S/c1-85-50(78)37-68-51(40-11-3-2-4-12-40)57(83)75-28-23-46(75)56(82)69-36-39-15-17-41(18-16-39)53(79)66-25-8-7-24-65-49(77)35-44(70-54(80)42-19-21-43(22-20-42)59(73-74-59)60(61,62)63)55(81)67-27-10-30-87-32-34-88-33-31-86-29-9-26-64-48(76)14-6-5-13-47-52-45(38-89-47)71-58(84)72-52/h15-22,40,44-47,51-52,68H,2-14,23-38H2,1H3,(H,64,76)(H,65,77)(H,66,79)(H,67,81)(H,69,82)(H,70,80)(H2,71,72,84)/t44-,45-,46-,47-,51+,52-/m0/s1. The predicted molar refractivity (Wildman–Crippen MR) is 320 cm³/mol. The molecule has 0 unspecified atom stereocenters. The lowest BCUT2D eigenvalue weighted by molar-refractivity contribution is -0.166. The van der Waals surface area contributed by atoms with Crippen LogP contribution in [-0.2, 0) is 59.9 Å². The number of halogens is 3. The van der Waals surface area contributed by atoms with Crippen LogP contribution < -0.4 is 47.9 Å². The van der Waals surface area contributed by atoms with Gasteiger partial charge in [0.15, 0.2) is 0 Å². The van der Waals surface area contributed by atoms with Gasteiger partial charge >= 0.3 is 23.8 Å². The average Bonchev–Trinajstić information content (AvgIpc) is 1.66. The maximum absolute atomic E-state index is 13.7. The van der Waals surface area contributed by atoms with E-state index in [9.17, 15) is 56.3 Å². The quantitative estimate of drug-likeness (QED) is 0.0263. The second-order valence-electron chi connectivity index (χ2n) is 22.6. The van der Waals surface area contributed by atoms with Crippen LogP contribution in [0, 0.1) is 5.92 Å². The molecule has 0 spiro atoms. The number of benzene rings is 2. The Morgan fingerprint density at radius 2 is 1.33 bits per heavy atom. The Morgan fingerprint density at radius 1 is 0.708 bits per heavy atom. The van der Waals surface area contributed by atoms with Gasteiger partial charge in [0.1, 0.15) is 12.1 Å². The van der Waals surface area contributed by atoms with Gasteiger partial charge in [-0.1, -0.05) is 49.9 Å². The van der Waals surface area contributed by atoms with E-state index in [-0.39, 0.29) is 105 Å². The summed E-state index contributed by atoms with van der Waals surface area (Å²) in [6.07, 6.45) is 5.21. The average molecular weight is 1270 g/mol. The number of rotatable bonds is 39. The fourth-order valence-electron chi connectivity index (χ4n) is 11.0. The van der Waals surface area contributed by atoms with Crippen LogP contribution in [0.4, 0.5) is 18.0 Å². The van der Waals surface area contributed by atoms with Crippen molar-refractivity contribution in [3.05, 3.63) is 70.8 Å². The maximum Gasteiger partial charge on any atom is 0.442 e. The number of amides is 9. The van der Waals surface area contributed by atoms with E-state index in [1.165, 1.54) is 7.11 Å². The summed E-state index contributed by atoms with van der Waals surface area (Å²) in [5, 5.41) is 32.4. The summed E-state index contributed by atoms with van der Waals surface area (Å²) in [7, 11) is 1.29. The zero-order chi connectivity index (χ0) is 63.6. The SMILES string of the molecule is COC(=O)CN[C@@H](C(=O)N1CC[C@H]1C(=O)NCc1ccc(C(=O)NCCCCNC(=O)C[C@H](NC(=O)c2ccc(C3(C(F)(F)F)N=N3)cc2)C(=O)NCCCOCCOCCOCCCNC(=O)CCCC[C@@H]2SC[C@@H]3NC(=O)N[C@@H]32)cc1)C1CCCCC1. The summed E-state index contributed by atoms with van der Waals surface area (Å²) in [5.74, 6) is -2.34. The van der Waals surface area contributed by atoms with Crippen molar-refractivity contribution in [2.24, 2.45) is 16.1 Å². The molecule has 0 aromatic heterocycles. The highest BCUT2D eigenvalue weighted by molar-refractivity contribution is 8.00. The van der Waals surface area contributed by atoms with Crippen LogP contribution in [0.1, 0.15) is 128 Å². The highest BCUT2D eigenvalue weighted by Crippen LogP contribution is 2.52. The van der Waals surface area contributed by atoms with Crippen LogP contribution in [0.15, 0.2) is 58.8 Å². The molecule has 1 saturated carbocycles. The molecular formula is C60H85F3N12O13S. The number of likely N-dealkylation sites (tertiary alicyclic amines) is 1. The first-order valence-corrected chi connectivity index (χ1v) is 31.9. The van der Waals surface area contributed by atoms with E-state index in [2.05, 4.69) is 58.1 Å². The van der Waals surface area contributed by atoms with Crippen LogP contribution in [0.25, 0.3) is 0 Å². The van der Waals surface area contributed by atoms with Gasteiger partial charge < -0.3 is 66.4 Å². The Morgan fingerprint density at radius 3 is 1.97 bits per heavy atom. The molecule has 0 bridgehead atoms. The van der Waals surface area contributed by atoms with Gasteiger partial charge in [0.2, 0.25) is 29.5 Å². The number of ether oxygens (including phenoxy) is 4. The molecule has 6 atom stereocenters. The fourth-order valence-corrected chi connectivity index (χ4v) is 12.5. The molecule has 490 valence electrons. The molecule has 3 saturated heterocycles. The van der Waals surface area contributed by atoms with Gasteiger partial charge in [-0.05, 0) is 93.5 Å². The van der Waals surface area contributed by atoms with Crippen molar-refractivity contribution in [1.82, 2.24) is 52.8 Å². The van der Waals surface area contributed by atoms with Crippen molar-refractivity contribution >= 4 is 65.1 Å². The number of fused-ring (bicyclic) bond motifs is 1. The minimum Gasteiger partial charge on any atom is -0.468 e. The molecule has 25 nitrogen and oxygen atoms in total. The Balaban J connectivity index is 0.736. The van der Waals surface area contributed by atoms with Crippen molar-refractivity contribution in [2.45, 2.75) is 150 Å². The van der Waals surface area contributed by atoms with Gasteiger partial charge in [0.25, 0.3) is 11.8 Å². The van der Waals surface area contributed by atoms with Gasteiger partial charge in [-0.2, -0.15) is 24.9 Å². The van der Waals surface area contributed by atoms with E-state index in [4.69, 9.17) is 18.9 Å². The first-order chi connectivity index (χ1) is 43.0. The lowest BCUT2D eigenvalue weighted by Crippen LogP contribution is -2.63. The molecule has 5 aliphatic rings. The molecule has 2 aromatic carbocycles. The van der Waals surface area contributed by atoms with E-state index < -0.39 is 60.1 Å². The monoisotopic (exact) mass is 1270 g/mol. The lowest BCUT2D eigenvalue weighted by Gasteiger charge is -2.43. The Bertz CT molecular complexity index is 2720. The topological polar surface area (TPSA) is 327 Å². The number of carbonyl (C=O) groups excluding carboxylic acids is 9. The van der Waals surface area contributed by atoms with Gasteiger partial charge in [-0.25, -0.2) is 4.79 Å². The number of carbonyl (C=O) groups is 9. The van der Waals surface area contributed by atoms with Crippen LogP contribution in [0.3, 0.4) is 0 Å². The molecule has 7 rings (SSSR count). The van der Waals surface area contributed by atoms with Crippen LogP contribution >= 0.6 is 11.8 Å². The fraction of sp³-hybridized carbons (Fsp3) is 0.650. The van der Waals surface area contributed by atoms with E-state index in [0.717, 1.165) is 86.9 Å². The Labute approximate surface area is 520 Å². The molecule has 2 aromatic rings. The van der Waals surface area contributed by atoms with Crippen molar-refractivity contribution in [2.75, 3.05) is 91.8 Å². The van der Waals surface area contributed by atoms with E-state index in [1.54, 1.807) is 29.2 Å². The summed E-state index contributed by atoms with van der Waals surface area (Å²) in [6, 6.07) is 8.86. The molecule has 4 aliphatic heterocycles.